The van der Waals surface area contributed by atoms with Gasteiger partial charge < -0.3 is 15.5 Å². The van der Waals surface area contributed by atoms with Gasteiger partial charge in [-0.3, -0.25) is 19.4 Å². The maximum atomic E-state index is 12.9. The molecule has 28 heavy (non-hydrogen) atoms. The molecule has 1 fully saturated rings. The van der Waals surface area contributed by atoms with Gasteiger partial charge in [-0.05, 0) is 42.0 Å². The molecule has 2 heterocycles. The van der Waals surface area contributed by atoms with Gasteiger partial charge in [0.05, 0.1) is 5.92 Å². The molecule has 0 aliphatic carbocycles. The van der Waals surface area contributed by atoms with Gasteiger partial charge in [0.1, 0.15) is 5.82 Å². The highest BCUT2D eigenvalue weighted by atomic mass is 19.1. The zero-order valence-electron chi connectivity index (χ0n) is 15.2. The van der Waals surface area contributed by atoms with Crippen LogP contribution in [0.2, 0.25) is 0 Å². The number of hydrogen-bond acceptors (Lipinski definition) is 4. The maximum Gasteiger partial charge on any atom is 0.251 e. The van der Waals surface area contributed by atoms with Crippen molar-refractivity contribution in [3.05, 3.63) is 65.7 Å². The smallest absolute Gasteiger partial charge is 0.251 e. The highest BCUT2D eigenvalue weighted by Gasteiger charge is 2.33. The van der Waals surface area contributed by atoms with E-state index in [1.807, 2.05) is 12.1 Å². The average molecular weight is 384 g/mol. The molecular weight excluding hydrogens is 363 g/mol. The van der Waals surface area contributed by atoms with Crippen molar-refractivity contribution in [1.82, 2.24) is 20.5 Å². The first-order valence-corrected chi connectivity index (χ1v) is 9.01. The SMILES string of the molecule is O=C(NCCNC(=O)[C@H]1CC(=O)N(Cc2ccncc2)C1)c1ccc(F)cc1. The van der Waals surface area contributed by atoms with Crippen molar-refractivity contribution in [1.29, 1.82) is 0 Å². The lowest BCUT2D eigenvalue weighted by atomic mass is 10.1. The topological polar surface area (TPSA) is 91.4 Å². The molecule has 1 aromatic carbocycles. The molecule has 0 bridgehead atoms. The molecule has 3 rings (SSSR count). The first-order chi connectivity index (χ1) is 13.5. The van der Waals surface area contributed by atoms with Crippen LogP contribution in [0, 0.1) is 11.7 Å². The monoisotopic (exact) mass is 384 g/mol. The van der Waals surface area contributed by atoms with E-state index in [1.165, 1.54) is 24.3 Å². The van der Waals surface area contributed by atoms with Crippen molar-refractivity contribution >= 4 is 17.7 Å². The number of carbonyl (C=O) groups excluding carboxylic acids is 3. The number of rotatable bonds is 7. The number of likely N-dealkylation sites (tertiary alicyclic amines) is 1. The van der Waals surface area contributed by atoms with Crippen LogP contribution in [0.3, 0.4) is 0 Å². The Morgan fingerprint density at radius 3 is 2.46 bits per heavy atom. The summed E-state index contributed by atoms with van der Waals surface area (Å²) < 4.78 is 12.9. The summed E-state index contributed by atoms with van der Waals surface area (Å²) >= 11 is 0. The Morgan fingerprint density at radius 1 is 1.07 bits per heavy atom. The number of nitrogens with zero attached hydrogens (tertiary/aromatic N) is 2. The van der Waals surface area contributed by atoms with Crippen LogP contribution in [0.1, 0.15) is 22.3 Å². The predicted molar refractivity (Wildman–Crippen MR) is 99.5 cm³/mol. The summed E-state index contributed by atoms with van der Waals surface area (Å²) in [7, 11) is 0. The lowest BCUT2D eigenvalue weighted by molar-refractivity contribution is -0.129. The third-order valence-corrected chi connectivity index (χ3v) is 4.52. The number of halogens is 1. The number of hydrogen-bond donors (Lipinski definition) is 2. The van der Waals surface area contributed by atoms with Gasteiger partial charge in [0.25, 0.3) is 5.91 Å². The molecule has 2 aromatic rings. The third kappa shape index (κ3) is 5.12. The second-order valence-corrected chi connectivity index (χ2v) is 6.58. The Balaban J connectivity index is 1.39. The minimum atomic E-state index is -0.409. The van der Waals surface area contributed by atoms with Crippen LogP contribution in [0.25, 0.3) is 0 Å². The second-order valence-electron chi connectivity index (χ2n) is 6.58. The van der Waals surface area contributed by atoms with E-state index in [-0.39, 0.29) is 37.2 Å². The highest BCUT2D eigenvalue weighted by molar-refractivity contribution is 5.94. The van der Waals surface area contributed by atoms with E-state index in [0.717, 1.165) is 5.56 Å². The van der Waals surface area contributed by atoms with Crippen LogP contribution in [-0.2, 0) is 16.1 Å². The van der Waals surface area contributed by atoms with Crippen LogP contribution in [0.5, 0.6) is 0 Å². The van der Waals surface area contributed by atoms with Crippen molar-refractivity contribution in [2.75, 3.05) is 19.6 Å². The first kappa shape index (κ1) is 19.5. The van der Waals surface area contributed by atoms with Crippen LogP contribution < -0.4 is 10.6 Å². The molecule has 0 unspecified atom stereocenters. The van der Waals surface area contributed by atoms with Gasteiger partial charge in [-0.1, -0.05) is 0 Å². The minimum absolute atomic E-state index is 0.0541. The Labute approximate surface area is 161 Å². The van der Waals surface area contributed by atoms with E-state index in [0.29, 0.717) is 18.7 Å². The predicted octanol–water partition coefficient (Wildman–Crippen LogP) is 1.12. The van der Waals surface area contributed by atoms with E-state index in [4.69, 9.17) is 0 Å². The quantitative estimate of drug-likeness (QED) is 0.700. The summed E-state index contributed by atoms with van der Waals surface area (Å²) in [5.41, 5.74) is 1.31. The molecule has 8 heteroatoms. The average Bonchev–Trinajstić information content (AvgIpc) is 3.07. The van der Waals surface area contributed by atoms with Gasteiger partial charge >= 0.3 is 0 Å². The van der Waals surface area contributed by atoms with Crippen molar-refractivity contribution in [3.8, 4) is 0 Å². The number of nitrogens with one attached hydrogen (secondary N) is 2. The molecule has 1 saturated heterocycles. The van der Waals surface area contributed by atoms with Gasteiger partial charge in [0.15, 0.2) is 0 Å². The molecule has 1 atom stereocenters. The van der Waals surface area contributed by atoms with Crippen LogP contribution >= 0.6 is 0 Å². The second kappa shape index (κ2) is 9.07. The van der Waals surface area contributed by atoms with Gasteiger partial charge in [-0.2, -0.15) is 0 Å². The van der Waals surface area contributed by atoms with E-state index < -0.39 is 11.7 Å². The van der Waals surface area contributed by atoms with Crippen molar-refractivity contribution < 1.29 is 18.8 Å². The van der Waals surface area contributed by atoms with Crippen molar-refractivity contribution in [3.63, 3.8) is 0 Å². The normalized spacial score (nSPS) is 16.1. The Bertz CT molecular complexity index is 842. The summed E-state index contributed by atoms with van der Waals surface area (Å²) in [5, 5.41) is 5.40. The first-order valence-electron chi connectivity index (χ1n) is 9.01. The van der Waals surface area contributed by atoms with Gasteiger partial charge in [0, 0.05) is 50.6 Å². The molecule has 2 N–H and O–H groups in total. The van der Waals surface area contributed by atoms with E-state index in [9.17, 15) is 18.8 Å². The molecule has 1 aromatic heterocycles. The fourth-order valence-corrected chi connectivity index (χ4v) is 3.02. The lowest BCUT2D eigenvalue weighted by Crippen LogP contribution is -2.38. The van der Waals surface area contributed by atoms with E-state index >= 15 is 0 Å². The van der Waals surface area contributed by atoms with Gasteiger partial charge in [0.2, 0.25) is 11.8 Å². The zero-order valence-corrected chi connectivity index (χ0v) is 15.2. The molecule has 1 aliphatic rings. The number of benzene rings is 1. The summed E-state index contributed by atoms with van der Waals surface area (Å²) in [4.78, 5) is 41.9. The molecular formula is C20H21FN4O3. The molecule has 1 aliphatic heterocycles. The van der Waals surface area contributed by atoms with Gasteiger partial charge in [-0.25, -0.2) is 4.39 Å². The standard InChI is InChI=1S/C20H21FN4O3/c21-17-3-1-15(2-4-17)19(27)23-9-10-24-20(28)16-11-18(26)25(13-16)12-14-5-7-22-8-6-14/h1-8,16H,9-13H2,(H,23,27)(H,24,28)/t16-/m0/s1. The largest absolute Gasteiger partial charge is 0.354 e. The zero-order chi connectivity index (χ0) is 19.9. The third-order valence-electron chi connectivity index (χ3n) is 4.52. The van der Waals surface area contributed by atoms with Crippen molar-refractivity contribution in [2.24, 2.45) is 5.92 Å². The van der Waals surface area contributed by atoms with Crippen LogP contribution in [0.15, 0.2) is 48.8 Å². The molecule has 0 radical (unpaired) electrons. The minimum Gasteiger partial charge on any atom is -0.354 e. The van der Waals surface area contributed by atoms with Crippen LogP contribution in [0.4, 0.5) is 4.39 Å². The summed E-state index contributed by atoms with van der Waals surface area (Å²) in [5.74, 6) is -1.41. The highest BCUT2D eigenvalue weighted by Crippen LogP contribution is 2.20. The number of aromatic nitrogens is 1. The van der Waals surface area contributed by atoms with E-state index in [1.54, 1.807) is 17.3 Å². The molecule has 3 amide bonds. The maximum absolute atomic E-state index is 12.9. The number of carbonyl (C=O) groups is 3. The summed E-state index contributed by atoms with van der Waals surface area (Å²) in [6.07, 6.45) is 3.51. The number of pyridine rings is 1. The summed E-state index contributed by atoms with van der Waals surface area (Å²) in [6, 6.07) is 8.89. The van der Waals surface area contributed by atoms with Crippen LogP contribution in [-0.4, -0.2) is 47.2 Å². The number of amides is 3. The van der Waals surface area contributed by atoms with Gasteiger partial charge in [-0.15, -0.1) is 0 Å². The van der Waals surface area contributed by atoms with E-state index in [2.05, 4.69) is 15.6 Å². The fraction of sp³-hybridized carbons (Fsp3) is 0.300. The summed E-state index contributed by atoms with van der Waals surface area (Å²) in [6.45, 7) is 1.32. The Hall–Kier alpha value is -3.29. The van der Waals surface area contributed by atoms with Crippen molar-refractivity contribution in [2.45, 2.75) is 13.0 Å². The molecule has 7 nitrogen and oxygen atoms in total. The molecule has 146 valence electrons. The fourth-order valence-electron chi connectivity index (χ4n) is 3.02. The lowest BCUT2D eigenvalue weighted by Gasteiger charge is -2.16. The Morgan fingerprint density at radius 2 is 1.75 bits per heavy atom. The molecule has 0 saturated carbocycles. The Kier molecular flexibility index (Phi) is 6.31. The molecule has 0 spiro atoms.